The molecule has 2 aromatic rings. The average Bonchev–Trinajstić information content (AvgIpc) is 2.76. The SMILES string of the molecule is COc1cc(/C=C/C(=O)OCC(=O)Nc2ccccc2C#N)cc2c1OCCO2. The van der Waals surface area contributed by atoms with Gasteiger partial charge in [-0.2, -0.15) is 5.26 Å². The summed E-state index contributed by atoms with van der Waals surface area (Å²) >= 11 is 0. The van der Waals surface area contributed by atoms with Crippen molar-refractivity contribution in [3.05, 3.63) is 53.6 Å². The van der Waals surface area contributed by atoms with Crippen LogP contribution >= 0.6 is 0 Å². The third-order valence-corrected chi connectivity index (χ3v) is 3.93. The van der Waals surface area contributed by atoms with Gasteiger partial charge in [-0.1, -0.05) is 12.1 Å². The van der Waals surface area contributed by atoms with Gasteiger partial charge in [-0.15, -0.1) is 0 Å². The van der Waals surface area contributed by atoms with Crippen LogP contribution in [0.25, 0.3) is 6.08 Å². The number of fused-ring (bicyclic) bond motifs is 1. The van der Waals surface area contributed by atoms with E-state index in [0.29, 0.717) is 47.3 Å². The molecule has 29 heavy (non-hydrogen) atoms. The van der Waals surface area contributed by atoms with Crippen LogP contribution in [0.3, 0.4) is 0 Å². The Balaban J connectivity index is 1.57. The second-order valence-corrected chi connectivity index (χ2v) is 5.89. The minimum Gasteiger partial charge on any atom is -0.493 e. The maximum Gasteiger partial charge on any atom is 0.331 e. The molecule has 1 amide bonds. The van der Waals surface area contributed by atoms with Gasteiger partial charge in [-0.25, -0.2) is 4.79 Å². The summed E-state index contributed by atoms with van der Waals surface area (Å²) in [7, 11) is 1.51. The summed E-state index contributed by atoms with van der Waals surface area (Å²) in [5.41, 5.74) is 1.32. The molecule has 1 aliphatic heterocycles. The first-order valence-corrected chi connectivity index (χ1v) is 8.72. The normalized spacial score (nSPS) is 12.1. The van der Waals surface area contributed by atoms with Gasteiger partial charge in [0.05, 0.1) is 18.4 Å². The number of carbonyl (C=O) groups is 2. The van der Waals surface area contributed by atoms with E-state index in [4.69, 9.17) is 24.2 Å². The number of para-hydroxylation sites is 1. The lowest BCUT2D eigenvalue weighted by molar-refractivity contribution is -0.142. The molecular weight excluding hydrogens is 376 g/mol. The zero-order valence-corrected chi connectivity index (χ0v) is 15.6. The maximum atomic E-state index is 11.9. The zero-order valence-electron chi connectivity index (χ0n) is 15.6. The van der Waals surface area contributed by atoms with Gasteiger partial charge in [0.25, 0.3) is 5.91 Å². The molecule has 1 aliphatic rings. The molecule has 0 saturated carbocycles. The standard InChI is InChI=1S/C21H18N2O6/c1-26-17-10-14(11-18-21(17)28-9-8-27-18)6-7-20(25)29-13-19(24)23-16-5-3-2-4-15(16)12-22/h2-7,10-11H,8-9,13H2,1H3,(H,23,24)/b7-6+. The largest absolute Gasteiger partial charge is 0.493 e. The smallest absolute Gasteiger partial charge is 0.331 e. The summed E-state index contributed by atoms with van der Waals surface area (Å²) in [4.78, 5) is 23.8. The van der Waals surface area contributed by atoms with Crippen molar-refractivity contribution in [2.45, 2.75) is 0 Å². The van der Waals surface area contributed by atoms with E-state index < -0.39 is 18.5 Å². The molecule has 0 fully saturated rings. The Labute approximate surface area is 167 Å². The second-order valence-electron chi connectivity index (χ2n) is 5.89. The molecule has 3 rings (SSSR count). The molecule has 0 aliphatic carbocycles. The summed E-state index contributed by atoms with van der Waals surface area (Å²) < 4.78 is 21.3. The molecule has 8 heteroatoms. The van der Waals surface area contributed by atoms with E-state index in [2.05, 4.69) is 5.32 Å². The van der Waals surface area contributed by atoms with Crippen molar-refractivity contribution in [3.63, 3.8) is 0 Å². The van der Waals surface area contributed by atoms with E-state index in [1.165, 1.54) is 19.3 Å². The highest BCUT2D eigenvalue weighted by atomic mass is 16.6. The minimum atomic E-state index is -0.692. The molecule has 2 aromatic carbocycles. The Hall–Kier alpha value is -3.99. The Morgan fingerprint density at radius 1 is 1.24 bits per heavy atom. The van der Waals surface area contributed by atoms with E-state index in [1.54, 1.807) is 36.4 Å². The van der Waals surface area contributed by atoms with E-state index in [0.717, 1.165) is 0 Å². The fourth-order valence-electron chi connectivity index (χ4n) is 2.61. The summed E-state index contributed by atoms with van der Waals surface area (Å²) in [6.07, 6.45) is 2.72. The molecule has 0 spiro atoms. The lowest BCUT2D eigenvalue weighted by Gasteiger charge is -2.20. The van der Waals surface area contributed by atoms with E-state index in [1.807, 2.05) is 6.07 Å². The third-order valence-electron chi connectivity index (χ3n) is 3.93. The lowest BCUT2D eigenvalue weighted by Crippen LogP contribution is -2.20. The highest BCUT2D eigenvalue weighted by Gasteiger charge is 2.18. The van der Waals surface area contributed by atoms with Crippen LogP contribution in [0.1, 0.15) is 11.1 Å². The van der Waals surface area contributed by atoms with Crippen molar-refractivity contribution < 1.29 is 28.5 Å². The lowest BCUT2D eigenvalue weighted by atomic mass is 10.1. The average molecular weight is 394 g/mol. The number of esters is 1. The van der Waals surface area contributed by atoms with Gasteiger partial charge in [0.15, 0.2) is 18.1 Å². The van der Waals surface area contributed by atoms with E-state index >= 15 is 0 Å². The van der Waals surface area contributed by atoms with Gasteiger partial charge < -0.3 is 24.3 Å². The number of methoxy groups -OCH3 is 1. The van der Waals surface area contributed by atoms with Crippen LogP contribution in [0.2, 0.25) is 0 Å². The molecule has 1 N–H and O–H groups in total. The highest BCUT2D eigenvalue weighted by molar-refractivity contribution is 5.95. The van der Waals surface area contributed by atoms with Gasteiger partial charge in [0.1, 0.15) is 19.3 Å². The summed E-state index contributed by atoms with van der Waals surface area (Å²) in [5.74, 6) is 0.302. The Kier molecular flexibility index (Phi) is 6.32. The topological polar surface area (TPSA) is 107 Å². The number of hydrogen-bond acceptors (Lipinski definition) is 7. The van der Waals surface area contributed by atoms with Crippen LogP contribution in [-0.2, 0) is 14.3 Å². The van der Waals surface area contributed by atoms with E-state index in [9.17, 15) is 9.59 Å². The molecule has 1 heterocycles. The molecule has 0 radical (unpaired) electrons. The fraction of sp³-hybridized carbons (Fsp3) is 0.190. The van der Waals surface area contributed by atoms with Gasteiger partial charge in [0, 0.05) is 6.08 Å². The zero-order chi connectivity index (χ0) is 20.6. The van der Waals surface area contributed by atoms with Crippen molar-refractivity contribution in [1.82, 2.24) is 0 Å². The number of rotatable bonds is 6. The molecule has 148 valence electrons. The van der Waals surface area contributed by atoms with Gasteiger partial charge in [-0.3, -0.25) is 4.79 Å². The molecule has 0 saturated heterocycles. The predicted molar refractivity (Wildman–Crippen MR) is 104 cm³/mol. The van der Waals surface area contributed by atoms with Crippen molar-refractivity contribution >= 4 is 23.6 Å². The number of hydrogen-bond donors (Lipinski definition) is 1. The van der Waals surface area contributed by atoms with Crippen molar-refractivity contribution in [3.8, 4) is 23.3 Å². The molecule has 0 atom stereocenters. The van der Waals surface area contributed by atoms with Crippen LogP contribution < -0.4 is 19.5 Å². The van der Waals surface area contributed by atoms with Crippen molar-refractivity contribution in [2.24, 2.45) is 0 Å². The van der Waals surface area contributed by atoms with Gasteiger partial charge in [-0.05, 0) is 35.9 Å². The predicted octanol–water partition coefficient (Wildman–Crippen LogP) is 2.53. The molecule has 0 bridgehead atoms. The molecule has 8 nitrogen and oxygen atoms in total. The number of nitrogens with one attached hydrogen (secondary N) is 1. The molecule has 0 unspecified atom stereocenters. The first-order valence-electron chi connectivity index (χ1n) is 8.72. The van der Waals surface area contributed by atoms with Crippen molar-refractivity contribution in [1.29, 1.82) is 5.26 Å². The number of benzene rings is 2. The number of nitrogens with zero attached hydrogens (tertiary/aromatic N) is 1. The minimum absolute atomic E-state index is 0.319. The summed E-state index contributed by atoms with van der Waals surface area (Å²) in [5, 5.41) is 11.5. The van der Waals surface area contributed by atoms with Crippen LogP contribution in [0.4, 0.5) is 5.69 Å². The number of amides is 1. The third kappa shape index (κ3) is 5.05. The number of carbonyl (C=O) groups excluding carboxylic acids is 2. The number of ether oxygens (including phenoxy) is 4. The van der Waals surface area contributed by atoms with Gasteiger partial charge in [0.2, 0.25) is 5.75 Å². The fourth-order valence-corrected chi connectivity index (χ4v) is 2.61. The number of anilines is 1. The summed E-state index contributed by atoms with van der Waals surface area (Å²) in [6.45, 7) is 0.384. The van der Waals surface area contributed by atoms with Crippen LogP contribution in [0, 0.1) is 11.3 Å². The summed E-state index contributed by atoms with van der Waals surface area (Å²) in [6, 6.07) is 11.9. The first kappa shape index (κ1) is 19.8. The van der Waals surface area contributed by atoms with Crippen LogP contribution in [0.5, 0.6) is 17.2 Å². The maximum absolute atomic E-state index is 11.9. The number of nitriles is 1. The Morgan fingerprint density at radius 3 is 2.83 bits per heavy atom. The first-order chi connectivity index (χ1) is 14.1. The monoisotopic (exact) mass is 394 g/mol. The quantitative estimate of drug-likeness (QED) is 0.593. The molecule has 0 aromatic heterocycles. The van der Waals surface area contributed by atoms with Gasteiger partial charge >= 0.3 is 5.97 Å². The van der Waals surface area contributed by atoms with Crippen molar-refractivity contribution in [2.75, 3.05) is 32.2 Å². The van der Waals surface area contributed by atoms with Crippen LogP contribution in [0.15, 0.2) is 42.5 Å². The Morgan fingerprint density at radius 2 is 2.03 bits per heavy atom. The Bertz CT molecular complexity index is 976. The highest BCUT2D eigenvalue weighted by Crippen LogP contribution is 2.40. The molecular formula is C21H18N2O6. The second kappa shape index (κ2) is 9.28. The van der Waals surface area contributed by atoms with Crippen LogP contribution in [-0.4, -0.2) is 38.8 Å². The van der Waals surface area contributed by atoms with E-state index in [-0.39, 0.29) is 0 Å².